The van der Waals surface area contributed by atoms with Crippen molar-refractivity contribution in [2.45, 2.75) is 0 Å². The summed E-state index contributed by atoms with van der Waals surface area (Å²) in [4.78, 5) is 8.18. The van der Waals surface area contributed by atoms with E-state index in [0.717, 1.165) is 11.5 Å². The summed E-state index contributed by atoms with van der Waals surface area (Å²) in [6, 6.07) is 9.44. The van der Waals surface area contributed by atoms with Gasteiger partial charge in [0.05, 0.1) is 0 Å². The Morgan fingerprint density at radius 2 is 2.05 bits per heavy atom. The van der Waals surface area contributed by atoms with Crippen LogP contribution >= 0.6 is 11.5 Å². The van der Waals surface area contributed by atoms with Crippen LogP contribution in [0.5, 0.6) is 11.5 Å². The molecule has 0 atom stereocenters. The van der Waals surface area contributed by atoms with E-state index in [1.54, 1.807) is 36.5 Å². The first-order valence-corrected chi connectivity index (χ1v) is 6.48. The van der Waals surface area contributed by atoms with Gasteiger partial charge in [-0.25, -0.2) is 4.39 Å². The molecule has 0 saturated carbocycles. The van der Waals surface area contributed by atoms with Crippen LogP contribution < -0.4 is 10.5 Å². The quantitative estimate of drug-likeness (QED) is 0.801. The fraction of sp³-hybridized carbons (Fsp3) is 0. The van der Waals surface area contributed by atoms with E-state index < -0.39 is 5.82 Å². The fourth-order valence-electron chi connectivity index (χ4n) is 1.59. The second-order valence-electron chi connectivity index (χ2n) is 3.87. The van der Waals surface area contributed by atoms with Crippen LogP contribution in [0.2, 0.25) is 0 Å². The Labute approximate surface area is 118 Å². The summed E-state index contributed by atoms with van der Waals surface area (Å²) in [5.41, 5.74) is 6.05. The van der Waals surface area contributed by atoms with Gasteiger partial charge in [-0.15, -0.1) is 0 Å². The summed E-state index contributed by atoms with van der Waals surface area (Å²) in [5.74, 6) is 0.595. The predicted octanol–water partition coefficient (Wildman–Crippen LogP) is 3.11. The first kappa shape index (κ1) is 12.5. The van der Waals surface area contributed by atoms with Crippen molar-refractivity contribution in [2.24, 2.45) is 0 Å². The zero-order valence-corrected chi connectivity index (χ0v) is 11.0. The van der Waals surface area contributed by atoms with Crippen LogP contribution in [0.15, 0.2) is 42.6 Å². The van der Waals surface area contributed by atoms with Gasteiger partial charge in [-0.3, -0.25) is 4.98 Å². The number of hydrogen-bond donors (Lipinski definition) is 1. The normalized spacial score (nSPS) is 10.4. The fourth-order valence-corrected chi connectivity index (χ4v) is 2.03. The number of nitrogens with two attached hydrogens (primary N) is 1. The number of benzene rings is 1. The average molecular weight is 288 g/mol. The van der Waals surface area contributed by atoms with Crippen molar-refractivity contribution >= 4 is 16.7 Å². The summed E-state index contributed by atoms with van der Waals surface area (Å²) in [6.45, 7) is 0. The third-order valence-electron chi connectivity index (χ3n) is 2.47. The molecule has 3 rings (SSSR count). The molecule has 0 spiro atoms. The van der Waals surface area contributed by atoms with Gasteiger partial charge in [-0.1, -0.05) is 12.1 Å². The predicted molar refractivity (Wildman–Crippen MR) is 74.0 cm³/mol. The Morgan fingerprint density at radius 1 is 1.20 bits per heavy atom. The van der Waals surface area contributed by atoms with Crippen LogP contribution in [0.3, 0.4) is 0 Å². The maximum atomic E-state index is 13.5. The molecule has 5 nitrogen and oxygen atoms in total. The number of anilines is 1. The topological polar surface area (TPSA) is 73.9 Å². The smallest absolute Gasteiger partial charge is 0.200 e. The highest BCUT2D eigenvalue weighted by Crippen LogP contribution is 2.26. The molecule has 0 aliphatic heterocycles. The lowest BCUT2D eigenvalue weighted by atomic mass is 10.3. The van der Waals surface area contributed by atoms with Crippen molar-refractivity contribution in [1.82, 2.24) is 14.3 Å². The third kappa shape index (κ3) is 2.57. The van der Waals surface area contributed by atoms with E-state index >= 15 is 0 Å². The van der Waals surface area contributed by atoms with Crippen LogP contribution in [0.25, 0.3) is 11.5 Å². The SMILES string of the molecule is Nc1nc(-c2cc(Oc3ccccc3F)ccn2)ns1. The van der Waals surface area contributed by atoms with Crippen molar-refractivity contribution in [3.8, 4) is 23.0 Å². The van der Waals surface area contributed by atoms with Gasteiger partial charge in [0.1, 0.15) is 11.4 Å². The van der Waals surface area contributed by atoms with E-state index in [1.807, 2.05) is 0 Å². The number of para-hydroxylation sites is 1. The van der Waals surface area contributed by atoms with Gasteiger partial charge in [0.25, 0.3) is 0 Å². The van der Waals surface area contributed by atoms with Crippen molar-refractivity contribution in [1.29, 1.82) is 0 Å². The molecule has 0 fully saturated rings. The molecule has 7 heteroatoms. The highest BCUT2D eigenvalue weighted by Gasteiger charge is 2.09. The van der Waals surface area contributed by atoms with Gasteiger partial charge >= 0.3 is 0 Å². The Bertz CT molecular complexity index is 746. The van der Waals surface area contributed by atoms with Crippen molar-refractivity contribution in [3.05, 3.63) is 48.4 Å². The van der Waals surface area contributed by atoms with Gasteiger partial charge in [0.15, 0.2) is 22.5 Å². The summed E-state index contributed by atoms with van der Waals surface area (Å²) < 4.78 is 23.1. The van der Waals surface area contributed by atoms with Crippen LogP contribution in [-0.4, -0.2) is 14.3 Å². The molecular weight excluding hydrogens is 279 g/mol. The second kappa shape index (κ2) is 5.22. The standard InChI is InChI=1S/C13H9FN4OS/c14-9-3-1-2-4-11(9)19-8-5-6-16-10(7-8)12-17-13(15)20-18-12/h1-7H,(H2,15,17,18). The van der Waals surface area contributed by atoms with Crippen LogP contribution in [0.4, 0.5) is 9.52 Å². The van der Waals surface area contributed by atoms with Crippen molar-refractivity contribution < 1.29 is 9.13 Å². The number of nitrogens with zero attached hydrogens (tertiary/aromatic N) is 3. The first-order chi connectivity index (χ1) is 9.72. The zero-order valence-electron chi connectivity index (χ0n) is 10.2. The number of nitrogen functional groups attached to an aromatic ring is 1. The van der Waals surface area contributed by atoms with Crippen LogP contribution in [-0.2, 0) is 0 Å². The number of pyridine rings is 1. The lowest BCUT2D eigenvalue weighted by Gasteiger charge is -2.06. The summed E-state index contributed by atoms with van der Waals surface area (Å²) in [5, 5.41) is 0.363. The van der Waals surface area contributed by atoms with E-state index in [9.17, 15) is 4.39 Å². The molecule has 0 unspecified atom stereocenters. The van der Waals surface area contributed by atoms with E-state index in [-0.39, 0.29) is 5.75 Å². The van der Waals surface area contributed by atoms with E-state index in [2.05, 4.69) is 14.3 Å². The monoisotopic (exact) mass is 288 g/mol. The molecule has 0 bridgehead atoms. The number of rotatable bonds is 3. The maximum Gasteiger partial charge on any atom is 0.200 e. The second-order valence-corrected chi connectivity index (χ2v) is 4.65. The Balaban J connectivity index is 1.90. The first-order valence-electron chi connectivity index (χ1n) is 5.70. The molecule has 0 saturated heterocycles. The van der Waals surface area contributed by atoms with Crippen LogP contribution in [0, 0.1) is 5.82 Å². The number of halogens is 1. The molecule has 1 aromatic carbocycles. The van der Waals surface area contributed by atoms with Gasteiger partial charge in [-0.2, -0.15) is 9.36 Å². The van der Waals surface area contributed by atoms with Gasteiger partial charge in [-0.05, 0) is 18.2 Å². The molecular formula is C13H9FN4OS. The third-order valence-corrected chi connectivity index (χ3v) is 3.01. The summed E-state index contributed by atoms with van der Waals surface area (Å²) in [7, 11) is 0. The molecule has 0 amide bonds. The molecule has 20 heavy (non-hydrogen) atoms. The van der Waals surface area contributed by atoms with Gasteiger partial charge < -0.3 is 10.5 Å². The molecule has 0 aliphatic carbocycles. The highest BCUT2D eigenvalue weighted by atomic mass is 32.1. The molecule has 0 radical (unpaired) electrons. The lowest BCUT2D eigenvalue weighted by Crippen LogP contribution is -1.91. The Kier molecular flexibility index (Phi) is 3.26. The molecule has 100 valence electrons. The number of aromatic nitrogens is 3. The largest absolute Gasteiger partial charge is 0.454 e. The molecule has 0 aliphatic rings. The number of hydrogen-bond acceptors (Lipinski definition) is 6. The molecule has 2 heterocycles. The lowest BCUT2D eigenvalue weighted by molar-refractivity contribution is 0.442. The van der Waals surface area contributed by atoms with E-state index in [4.69, 9.17) is 10.5 Å². The summed E-state index contributed by atoms with van der Waals surface area (Å²) in [6.07, 6.45) is 1.54. The maximum absolute atomic E-state index is 13.5. The van der Waals surface area contributed by atoms with E-state index in [0.29, 0.717) is 22.4 Å². The number of ether oxygens (including phenoxy) is 1. The van der Waals surface area contributed by atoms with Crippen LogP contribution in [0.1, 0.15) is 0 Å². The minimum Gasteiger partial charge on any atom is -0.454 e. The summed E-state index contributed by atoms with van der Waals surface area (Å²) >= 11 is 1.09. The van der Waals surface area contributed by atoms with Gasteiger partial charge in [0.2, 0.25) is 0 Å². The average Bonchev–Trinajstić information content (AvgIpc) is 2.89. The van der Waals surface area contributed by atoms with E-state index in [1.165, 1.54) is 6.07 Å². The van der Waals surface area contributed by atoms with Crippen molar-refractivity contribution in [2.75, 3.05) is 5.73 Å². The Hall–Kier alpha value is -2.54. The minimum atomic E-state index is -0.429. The van der Waals surface area contributed by atoms with Gasteiger partial charge in [0, 0.05) is 23.8 Å². The van der Waals surface area contributed by atoms with Crippen molar-refractivity contribution in [3.63, 3.8) is 0 Å². The minimum absolute atomic E-state index is 0.149. The zero-order chi connectivity index (χ0) is 13.9. The Morgan fingerprint density at radius 3 is 2.80 bits per heavy atom. The molecule has 2 aromatic heterocycles. The highest BCUT2D eigenvalue weighted by molar-refractivity contribution is 7.09. The molecule has 3 aromatic rings. The molecule has 2 N–H and O–H groups in total.